The summed E-state index contributed by atoms with van der Waals surface area (Å²) >= 11 is 5.63. The third-order valence-electron chi connectivity index (χ3n) is 6.86. The van der Waals surface area contributed by atoms with E-state index in [1.807, 2.05) is 0 Å². The molecule has 0 spiro atoms. The second-order valence-corrected chi connectivity index (χ2v) is 9.78. The lowest BCUT2D eigenvalue weighted by Crippen LogP contribution is -2.70. The number of aliphatic hydroxyl groups is 1. The van der Waals surface area contributed by atoms with Gasteiger partial charge >= 0.3 is 6.61 Å². The Labute approximate surface area is 220 Å². The van der Waals surface area contributed by atoms with Crippen molar-refractivity contribution in [1.29, 1.82) is 0 Å². The van der Waals surface area contributed by atoms with Crippen LogP contribution in [-0.4, -0.2) is 53.9 Å². The second-order valence-electron chi connectivity index (χ2n) is 9.38. The van der Waals surface area contributed by atoms with Gasteiger partial charge in [0.1, 0.15) is 17.3 Å². The molecule has 3 aliphatic rings. The number of hydrogen-bond donors (Lipinski definition) is 3. The molecule has 2 aromatic rings. The van der Waals surface area contributed by atoms with Crippen LogP contribution in [0.4, 0.5) is 17.6 Å². The topological polar surface area (TPSA) is 106 Å². The molecule has 0 radical (unpaired) electrons. The van der Waals surface area contributed by atoms with Crippen LogP contribution in [0.15, 0.2) is 36.4 Å². The lowest BCUT2D eigenvalue weighted by atomic mass is 9.60. The summed E-state index contributed by atoms with van der Waals surface area (Å²) in [7, 11) is 0. The SMILES string of the molecule is O=C(COc1ccc(Cl)c(F)c1)NC12CCC(NC(=O)COc3ccc(OC(F)F)c(F)c3)(CC1)[C@@H](O)C2. The van der Waals surface area contributed by atoms with Gasteiger partial charge in [0.25, 0.3) is 11.8 Å². The fraction of sp³-hybridized carbons (Fsp3) is 0.440. The predicted octanol–water partition coefficient (Wildman–Crippen LogP) is 3.73. The summed E-state index contributed by atoms with van der Waals surface area (Å²) in [6, 6.07) is 6.81. The van der Waals surface area contributed by atoms with Crippen molar-refractivity contribution in [1.82, 2.24) is 10.6 Å². The van der Waals surface area contributed by atoms with Gasteiger partial charge in [-0.25, -0.2) is 8.78 Å². The number of carbonyl (C=O) groups is 2. The number of fused-ring (bicyclic) bond motifs is 3. The molecule has 2 amide bonds. The highest BCUT2D eigenvalue weighted by Crippen LogP contribution is 2.47. The minimum Gasteiger partial charge on any atom is -0.484 e. The zero-order chi connectivity index (χ0) is 27.5. The van der Waals surface area contributed by atoms with E-state index in [9.17, 15) is 32.3 Å². The third kappa shape index (κ3) is 6.41. The largest absolute Gasteiger partial charge is 0.484 e. The van der Waals surface area contributed by atoms with Crippen molar-refractivity contribution < 1.29 is 46.5 Å². The summed E-state index contributed by atoms with van der Waals surface area (Å²) in [4.78, 5) is 25.0. The van der Waals surface area contributed by atoms with E-state index in [1.165, 1.54) is 18.2 Å². The molecule has 3 aliphatic carbocycles. The zero-order valence-electron chi connectivity index (χ0n) is 19.9. The van der Waals surface area contributed by atoms with Crippen LogP contribution in [0.1, 0.15) is 32.1 Å². The highest BCUT2D eigenvalue weighted by Gasteiger charge is 2.55. The lowest BCUT2D eigenvalue weighted by molar-refractivity contribution is -0.137. The van der Waals surface area contributed by atoms with E-state index in [1.54, 1.807) is 0 Å². The molecule has 3 N–H and O–H groups in total. The van der Waals surface area contributed by atoms with Crippen LogP contribution >= 0.6 is 11.6 Å². The lowest BCUT2D eigenvalue weighted by Gasteiger charge is -2.56. The van der Waals surface area contributed by atoms with Crippen molar-refractivity contribution in [3.05, 3.63) is 53.1 Å². The Balaban J connectivity index is 1.26. The minimum atomic E-state index is -3.18. The molecule has 5 rings (SSSR count). The van der Waals surface area contributed by atoms with Gasteiger partial charge in [0, 0.05) is 17.7 Å². The number of benzene rings is 2. The van der Waals surface area contributed by atoms with Gasteiger partial charge in [-0.05, 0) is 56.4 Å². The molecule has 0 unspecified atom stereocenters. The van der Waals surface area contributed by atoms with Crippen molar-refractivity contribution in [2.24, 2.45) is 0 Å². The van der Waals surface area contributed by atoms with E-state index in [-0.39, 0.29) is 29.5 Å². The van der Waals surface area contributed by atoms with Crippen LogP contribution in [0.3, 0.4) is 0 Å². The van der Waals surface area contributed by atoms with Crippen molar-refractivity contribution >= 4 is 23.4 Å². The summed E-state index contributed by atoms with van der Waals surface area (Å²) < 4.78 is 66.5. The van der Waals surface area contributed by atoms with Gasteiger partial charge in [-0.2, -0.15) is 8.78 Å². The van der Waals surface area contributed by atoms with Crippen LogP contribution in [0.25, 0.3) is 0 Å². The summed E-state index contributed by atoms with van der Waals surface area (Å²) in [5.41, 5.74) is -1.59. The van der Waals surface area contributed by atoms with E-state index in [4.69, 9.17) is 21.1 Å². The molecule has 3 saturated carbocycles. The van der Waals surface area contributed by atoms with Crippen molar-refractivity contribution in [2.45, 2.75) is 55.9 Å². The number of nitrogens with one attached hydrogen (secondary N) is 2. The molecule has 206 valence electrons. The van der Waals surface area contributed by atoms with Gasteiger partial charge in [0.2, 0.25) is 0 Å². The van der Waals surface area contributed by atoms with Gasteiger partial charge in [-0.15, -0.1) is 0 Å². The average molecular weight is 561 g/mol. The van der Waals surface area contributed by atoms with Crippen LogP contribution in [0.2, 0.25) is 5.02 Å². The highest BCUT2D eigenvalue weighted by molar-refractivity contribution is 6.30. The Morgan fingerprint density at radius 3 is 2.08 bits per heavy atom. The number of alkyl halides is 2. The average Bonchev–Trinajstić information content (AvgIpc) is 2.86. The van der Waals surface area contributed by atoms with Crippen LogP contribution < -0.4 is 24.8 Å². The summed E-state index contributed by atoms with van der Waals surface area (Å²) in [6.07, 6.45) is 0.998. The number of halogens is 5. The molecule has 38 heavy (non-hydrogen) atoms. The second kappa shape index (κ2) is 11.2. The maximum Gasteiger partial charge on any atom is 0.387 e. The Bertz CT molecular complexity index is 1190. The van der Waals surface area contributed by atoms with E-state index in [0.717, 1.165) is 18.2 Å². The van der Waals surface area contributed by atoms with E-state index >= 15 is 0 Å². The molecular weight excluding hydrogens is 536 g/mol. The first-order valence-corrected chi connectivity index (χ1v) is 12.1. The first-order chi connectivity index (χ1) is 18.0. The van der Waals surface area contributed by atoms with Gasteiger partial charge in [0.15, 0.2) is 24.8 Å². The number of rotatable bonds is 10. The van der Waals surface area contributed by atoms with E-state index in [2.05, 4.69) is 15.4 Å². The summed E-state index contributed by atoms with van der Waals surface area (Å²) in [5.74, 6) is -3.29. The standard InChI is InChI=1S/C25H25ClF4N2O6/c26-16-3-1-14(9-17(16)27)36-12-21(34)31-24-5-7-25(8-6-24,20(33)11-24)32-22(35)13-37-15-2-4-19(18(28)10-15)38-23(29)30/h1-4,9-10,20,23,33H,5-8,11-13H2,(H,31,34)(H,32,35)/t20-,24?,25?/m0/s1. The van der Waals surface area contributed by atoms with Gasteiger partial charge in [-0.1, -0.05) is 11.6 Å². The highest BCUT2D eigenvalue weighted by atomic mass is 35.5. The molecule has 13 heteroatoms. The fourth-order valence-corrected chi connectivity index (χ4v) is 5.05. The molecule has 0 aromatic heterocycles. The normalized spacial score (nSPS) is 24.1. The molecule has 1 atom stereocenters. The Morgan fingerprint density at radius 2 is 1.53 bits per heavy atom. The molecule has 3 fully saturated rings. The van der Waals surface area contributed by atoms with Crippen LogP contribution in [0.5, 0.6) is 17.2 Å². The molecule has 0 aliphatic heterocycles. The van der Waals surface area contributed by atoms with Crippen molar-refractivity contribution in [2.75, 3.05) is 13.2 Å². The Hall–Kier alpha value is -3.25. The van der Waals surface area contributed by atoms with Gasteiger partial charge in [-0.3, -0.25) is 9.59 Å². The third-order valence-corrected chi connectivity index (χ3v) is 7.17. The Morgan fingerprint density at radius 1 is 0.947 bits per heavy atom. The maximum atomic E-state index is 13.8. The smallest absolute Gasteiger partial charge is 0.387 e. The molecule has 0 saturated heterocycles. The van der Waals surface area contributed by atoms with Crippen molar-refractivity contribution in [3.8, 4) is 17.2 Å². The first-order valence-electron chi connectivity index (χ1n) is 11.7. The van der Waals surface area contributed by atoms with E-state index in [0.29, 0.717) is 25.7 Å². The summed E-state index contributed by atoms with van der Waals surface area (Å²) in [5, 5.41) is 16.5. The van der Waals surface area contributed by atoms with E-state index < -0.39 is 59.6 Å². The van der Waals surface area contributed by atoms with Crippen LogP contribution in [-0.2, 0) is 9.59 Å². The Kier molecular flexibility index (Phi) is 8.22. The molecule has 2 aromatic carbocycles. The first kappa shape index (κ1) is 27.8. The molecule has 8 nitrogen and oxygen atoms in total. The maximum absolute atomic E-state index is 13.8. The minimum absolute atomic E-state index is 0.0603. The number of ether oxygens (including phenoxy) is 3. The predicted molar refractivity (Wildman–Crippen MR) is 126 cm³/mol. The van der Waals surface area contributed by atoms with Gasteiger partial charge in [0.05, 0.1) is 16.7 Å². The number of carbonyl (C=O) groups excluding carboxylic acids is 2. The number of hydrogen-bond acceptors (Lipinski definition) is 6. The molecular formula is C25H25ClF4N2O6. The fourth-order valence-electron chi connectivity index (χ4n) is 4.93. The molecule has 0 heterocycles. The number of aliphatic hydroxyl groups excluding tert-OH is 1. The quantitative estimate of drug-likeness (QED) is 0.383. The van der Waals surface area contributed by atoms with Gasteiger partial charge < -0.3 is 30.0 Å². The monoisotopic (exact) mass is 560 g/mol. The zero-order valence-corrected chi connectivity index (χ0v) is 20.7. The van der Waals surface area contributed by atoms with Crippen molar-refractivity contribution in [3.63, 3.8) is 0 Å². The summed E-state index contributed by atoms with van der Waals surface area (Å²) in [6.45, 7) is -4.03. The number of amides is 2. The van der Waals surface area contributed by atoms with Crippen LogP contribution in [0, 0.1) is 11.6 Å². The molecule has 2 bridgehead atoms.